The van der Waals surface area contributed by atoms with Gasteiger partial charge < -0.3 is 26.0 Å². The number of rotatable bonds is 7. The number of carbonyl (C=O) groups excluding carboxylic acids is 2. The number of fused-ring (bicyclic) bond motifs is 1. The Morgan fingerprint density at radius 2 is 1.82 bits per heavy atom. The van der Waals surface area contributed by atoms with Crippen molar-refractivity contribution in [1.29, 1.82) is 5.41 Å². The van der Waals surface area contributed by atoms with Crippen LogP contribution in [-0.4, -0.2) is 45.7 Å². The lowest BCUT2D eigenvalue weighted by molar-refractivity contribution is -0.117. The molecule has 0 radical (unpaired) electrons. The highest BCUT2D eigenvalue weighted by molar-refractivity contribution is 6.01. The van der Waals surface area contributed by atoms with Gasteiger partial charge in [0.1, 0.15) is 23.8 Å². The number of phenolic OH excluding ortho intramolecular Hbond substituents is 1. The van der Waals surface area contributed by atoms with Gasteiger partial charge in [-0.15, -0.1) is 0 Å². The van der Waals surface area contributed by atoms with E-state index in [-0.39, 0.29) is 29.9 Å². The first kappa shape index (κ1) is 22.4. The van der Waals surface area contributed by atoms with Crippen LogP contribution in [0.4, 0.5) is 5.69 Å². The summed E-state index contributed by atoms with van der Waals surface area (Å²) in [5, 5.41) is 20.8. The van der Waals surface area contributed by atoms with Crippen molar-refractivity contribution in [3.05, 3.63) is 59.8 Å². The van der Waals surface area contributed by atoms with Gasteiger partial charge in [-0.1, -0.05) is 19.3 Å². The molecule has 0 unspecified atom stereocenters. The molecule has 0 spiro atoms. The largest absolute Gasteiger partial charge is 0.508 e. The van der Waals surface area contributed by atoms with E-state index in [2.05, 4.69) is 10.3 Å². The predicted octanol–water partition coefficient (Wildman–Crippen LogP) is 3.82. The maximum Gasteiger partial charge on any atom is 0.270 e. The number of hydrogen-bond donors (Lipinski definition) is 5. The highest BCUT2D eigenvalue weighted by Crippen LogP contribution is 2.26. The van der Waals surface area contributed by atoms with Crippen molar-refractivity contribution in [2.45, 2.75) is 32.1 Å². The molecule has 8 nitrogen and oxygen atoms in total. The van der Waals surface area contributed by atoms with E-state index in [1.165, 1.54) is 6.42 Å². The van der Waals surface area contributed by atoms with Crippen molar-refractivity contribution < 1.29 is 14.7 Å². The van der Waals surface area contributed by atoms with Crippen LogP contribution in [0.25, 0.3) is 10.9 Å². The van der Waals surface area contributed by atoms with E-state index in [9.17, 15) is 14.7 Å². The number of H-pyrrole nitrogens is 1. The summed E-state index contributed by atoms with van der Waals surface area (Å²) in [5.41, 5.74) is 7.78. The zero-order valence-electron chi connectivity index (χ0n) is 18.4. The molecule has 4 rings (SSSR count). The molecule has 8 heteroatoms. The van der Waals surface area contributed by atoms with Crippen LogP contribution >= 0.6 is 0 Å². The third-order valence-corrected chi connectivity index (χ3v) is 6.14. The lowest BCUT2D eigenvalue weighted by Gasteiger charge is -2.29. The molecule has 2 aromatic carbocycles. The van der Waals surface area contributed by atoms with Crippen LogP contribution in [0.15, 0.2) is 48.5 Å². The summed E-state index contributed by atoms with van der Waals surface area (Å²) in [6.07, 6.45) is 5.61. The molecule has 1 fully saturated rings. The number of nitrogens with one attached hydrogen (secondary N) is 3. The summed E-state index contributed by atoms with van der Waals surface area (Å²) in [7, 11) is 0. The van der Waals surface area contributed by atoms with E-state index < -0.39 is 0 Å². The van der Waals surface area contributed by atoms with E-state index in [0.29, 0.717) is 29.4 Å². The van der Waals surface area contributed by atoms with Gasteiger partial charge in [0, 0.05) is 28.7 Å². The first-order chi connectivity index (χ1) is 15.9. The molecule has 6 N–H and O–H groups in total. The van der Waals surface area contributed by atoms with Gasteiger partial charge in [0.2, 0.25) is 5.91 Å². The number of aromatic nitrogens is 1. The standard InChI is InChI=1S/C25H29N5O3/c26-24(27)17-6-8-19(9-7-17)28-23(32)15-30(14-16-4-2-1-3-5-16)25(33)22-13-18-12-20(31)10-11-21(18)29-22/h6-13,16,29,31H,1-5,14-15H2,(H3,26,27)(H,28,32). The second-order valence-electron chi connectivity index (χ2n) is 8.68. The first-order valence-corrected chi connectivity index (χ1v) is 11.2. The van der Waals surface area contributed by atoms with Gasteiger partial charge in [-0.3, -0.25) is 15.0 Å². The molecule has 1 aliphatic rings. The van der Waals surface area contributed by atoms with Crippen LogP contribution in [0.3, 0.4) is 0 Å². The third-order valence-electron chi connectivity index (χ3n) is 6.14. The quantitative estimate of drug-likeness (QED) is 0.278. The second kappa shape index (κ2) is 9.77. The number of nitrogens with zero attached hydrogens (tertiary/aromatic N) is 1. The van der Waals surface area contributed by atoms with Crippen molar-refractivity contribution in [1.82, 2.24) is 9.88 Å². The summed E-state index contributed by atoms with van der Waals surface area (Å²) in [5.74, 6) is -0.0564. The maximum atomic E-state index is 13.4. The average Bonchev–Trinajstić information content (AvgIpc) is 3.22. The molecule has 0 atom stereocenters. The summed E-state index contributed by atoms with van der Waals surface area (Å²) in [6.45, 7) is 0.459. The minimum atomic E-state index is -0.288. The van der Waals surface area contributed by atoms with Crippen LogP contribution in [0.1, 0.15) is 48.2 Å². The van der Waals surface area contributed by atoms with Gasteiger partial charge in [-0.25, -0.2) is 0 Å². The molecular formula is C25H29N5O3. The fraction of sp³-hybridized carbons (Fsp3) is 0.320. The van der Waals surface area contributed by atoms with Crippen molar-refractivity contribution in [2.24, 2.45) is 11.7 Å². The van der Waals surface area contributed by atoms with Gasteiger partial charge >= 0.3 is 0 Å². The lowest BCUT2D eigenvalue weighted by atomic mass is 9.89. The summed E-state index contributed by atoms with van der Waals surface area (Å²) < 4.78 is 0. The Kier molecular flexibility index (Phi) is 6.63. The Morgan fingerprint density at radius 1 is 1.09 bits per heavy atom. The van der Waals surface area contributed by atoms with Crippen molar-refractivity contribution >= 4 is 34.2 Å². The number of nitrogen functional groups attached to an aromatic ring is 1. The number of amides is 2. The van der Waals surface area contributed by atoms with E-state index in [4.69, 9.17) is 11.1 Å². The summed E-state index contributed by atoms with van der Waals surface area (Å²) in [4.78, 5) is 30.9. The molecule has 1 aliphatic carbocycles. The predicted molar refractivity (Wildman–Crippen MR) is 129 cm³/mol. The minimum Gasteiger partial charge on any atom is -0.508 e. The minimum absolute atomic E-state index is 0.0382. The Morgan fingerprint density at radius 3 is 2.52 bits per heavy atom. The third kappa shape index (κ3) is 5.52. The smallest absolute Gasteiger partial charge is 0.270 e. The van der Waals surface area contributed by atoms with Gasteiger partial charge in [-0.2, -0.15) is 0 Å². The number of carbonyl (C=O) groups is 2. The Labute approximate surface area is 192 Å². The molecule has 0 bridgehead atoms. The zero-order chi connectivity index (χ0) is 23.4. The number of phenols is 1. The highest BCUT2D eigenvalue weighted by Gasteiger charge is 2.25. The van der Waals surface area contributed by atoms with Crippen molar-refractivity contribution in [3.63, 3.8) is 0 Å². The van der Waals surface area contributed by atoms with Crippen LogP contribution < -0.4 is 11.1 Å². The molecule has 172 valence electrons. The average molecular weight is 448 g/mol. The van der Waals surface area contributed by atoms with Gasteiger partial charge in [0.05, 0.1) is 0 Å². The highest BCUT2D eigenvalue weighted by atomic mass is 16.3. The molecule has 33 heavy (non-hydrogen) atoms. The number of amidine groups is 1. The lowest BCUT2D eigenvalue weighted by Crippen LogP contribution is -2.41. The molecule has 1 saturated carbocycles. The van der Waals surface area contributed by atoms with Crippen molar-refractivity contribution in [3.8, 4) is 5.75 Å². The van der Waals surface area contributed by atoms with E-state index >= 15 is 0 Å². The van der Waals surface area contributed by atoms with E-state index in [0.717, 1.165) is 36.6 Å². The maximum absolute atomic E-state index is 13.4. The van der Waals surface area contributed by atoms with Gasteiger partial charge in [0.15, 0.2) is 0 Å². The fourth-order valence-electron chi connectivity index (χ4n) is 4.41. The monoisotopic (exact) mass is 447 g/mol. The molecule has 0 saturated heterocycles. The fourth-order valence-corrected chi connectivity index (χ4v) is 4.41. The number of aromatic hydroxyl groups is 1. The Balaban J connectivity index is 1.50. The number of hydrogen-bond acceptors (Lipinski definition) is 4. The van der Waals surface area contributed by atoms with E-state index in [1.54, 1.807) is 53.4 Å². The molecule has 2 amide bonds. The Bertz CT molecular complexity index is 1160. The van der Waals surface area contributed by atoms with Gasteiger partial charge in [-0.05, 0) is 67.3 Å². The number of nitrogens with two attached hydrogens (primary N) is 1. The van der Waals surface area contributed by atoms with Crippen LogP contribution in [-0.2, 0) is 4.79 Å². The molecule has 3 aromatic rings. The molecular weight excluding hydrogens is 418 g/mol. The normalized spacial score (nSPS) is 14.2. The van der Waals surface area contributed by atoms with Crippen LogP contribution in [0, 0.1) is 11.3 Å². The Hall–Kier alpha value is -3.81. The van der Waals surface area contributed by atoms with Gasteiger partial charge in [0.25, 0.3) is 5.91 Å². The SMILES string of the molecule is N=C(N)c1ccc(NC(=O)CN(CC2CCCCC2)C(=O)c2cc3cc(O)ccc3[nH]2)cc1. The topological polar surface area (TPSA) is 135 Å². The van der Waals surface area contributed by atoms with E-state index in [1.807, 2.05) is 0 Å². The molecule has 1 aromatic heterocycles. The second-order valence-corrected chi connectivity index (χ2v) is 8.68. The number of anilines is 1. The molecule has 0 aliphatic heterocycles. The molecule has 1 heterocycles. The van der Waals surface area contributed by atoms with Crippen LogP contribution in [0.5, 0.6) is 5.75 Å². The summed E-state index contributed by atoms with van der Waals surface area (Å²) >= 11 is 0. The first-order valence-electron chi connectivity index (χ1n) is 11.2. The van der Waals surface area contributed by atoms with Crippen LogP contribution in [0.2, 0.25) is 0 Å². The zero-order valence-corrected chi connectivity index (χ0v) is 18.4. The van der Waals surface area contributed by atoms with Crippen molar-refractivity contribution in [2.75, 3.05) is 18.4 Å². The number of aromatic amines is 1. The number of benzene rings is 2. The summed E-state index contributed by atoms with van der Waals surface area (Å²) in [6, 6.07) is 13.3.